The molecule has 0 spiro atoms. The topological polar surface area (TPSA) is 26.6 Å². The standard InChI is InChI=1S/C23H29N2O/c1-19(2)14-17-25(22-12-15-24-16-13-22)21-8-10-23(11-9-21)26-18-20-6-4-3-5-7-20/h3-11,14,22H,12-13,15-18H2,1-2H3. The van der Waals surface area contributed by atoms with Crippen molar-refractivity contribution in [2.24, 2.45) is 0 Å². The number of nitrogens with zero attached hydrogens (tertiary/aromatic N) is 2. The van der Waals surface area contributed by atoms with Crippen LogP contribution in [0.1, 0.15) is 32.3 Å². The number of rotatable bonds is 7. The number of hydrogen-bond donors (Lipinski definition) is 0. The van der Waals surface area contributed by atoms with Crippen LogP contribution in [0.2, 0.25) is 0 Å². The van der Waals surface area contributed by atoms with E-state index in [0.717, 1.165) is 38.2 Å². The fraction of sp³-hybridized carbons (Fsp3) is 0.391. The first-order chi connectivity index (χ1) is 12.7. The average molecular weight is 349 g/mol. The molecule has 1 saturated heterocycles. The maximum Gasteiger partial charge on any atom is 0.119 e. The summed E-state index contributed by atoms with van der Waals surface area (Å²) in [6.07, 6.45) is 4.59. The van der Waals surface area contributed by atoms with E-state index in [1.54, 1.807) is 0 Å². The summed E-state index contributed by atoms with van der Waals surface area (Å²) >= 11 is 0. The number of ether oxygens (including phenoxy) is 1. The minimum Gasteiger partial charge on any atom is -0.489 e. The smallest absolute Gasteiger partial charge is 0.119 e. The molecule has 3 nitrogen and oxygen atoms in total. The Bertz CT molecular complexity index is 684. The lowest BCUT2D eigenvalue weighted by Crippen LogP contribution is -2.41. The quantitative estimate of drug-likeness (QED) is 0.671. The van der Waals surface area contributed by atoms with Gasteiger partial charge in [0, 0.05) is 31.4 Å². The van der Waals surface area contributed by atoms with Crippen molar-refractivity contribution in [3.05, 3.63) is 71.8 Å². The predicted molar refractivity (Wildman–Crippen MR) is 109 cm³/mol. The van der Waals surface area contributed by atoms with Crippen LogP contribution in [0.15, 0.2) is 66.2 Å². The molecule has 0 atom stereocenters. The summed E-state index contributed by atoms with van der Waals surface area (Å²) in [5.41, 5.74) is 3.81. The number of piperidine rings is 1. The number of anilines is 1. The fourth-order valence-corrected chi connectivity index (χ4v) is 3.27. The number of hydrogen-bond acceptors (Lipinski definition) is 2. The average Bonchev–Trinajstić information content (AvgIpc) is 2.69. The van der Waals surface area contributed by atoms with E-state index in [1.807, 2.05) is 18.2 Å². The maximum absolute atomic E-state index is 5.93. The molecule has 1 radical (unpaired) electrons. The van der Waals surface area contributed by atoms with Crippen LogP contribution >= 0.6 is 0 Å². The molecule has 0 amide bonds. The van der Waals surface area contributed by atoms with E-state index in [2.05, 4.69) is 66.5 Å². The Balaban J connectivity index is 1.67. The normalized spacial score (nSPS) is 14.7. The summed E-state index contributed by atoms with van der Waals surface area (Å²) in [4.78, 5) is 2.52. The monoisotopic (exact) mass is 349 g/mol. The molecule has 1 fully saturated rings. The molecule has 2 aromatic carbocycles. The Morgan fingerprint density at radius 2 is 1.73 bits per heavy atom. The summed E-state index contributed by atoms with van der Waals surface area (Å²) in [5, 5.41) is 4.50. The van der Waals surface area contributed by atoms with Gasteiger partial charge in [0.15, 0.2) is 0 Å². The molecule has 0 saturated carbocycles. The van der Waals surface area contributed by atoms with Gasteiger partial charge in [0.1, 0.15) is 12.4 Å². The summed E-state index contributed by atoms with van der Waals surface area (Å²) in [6, 6.07) is 19.4. The van der Waals surface area contributed by atoms with Crippen molar-refractivity contribution in [1.29, 1.82) is 0 Å². The molecule has 0 aliphatic carbocycles. The molecule has 0 bridgehead atoms. The van der Waals surface area contributed by atoms with Crippen molar-refractivity contribution < 1.29 is 4.74 Å². The third-order valence-corrected chi connectivity index (χ3v) is 4.79. The minimum atomic E-state index is 0.569. The second kappa shape index (κ2) is 9.44. The highest BCUT2D eigenvalue weighted by Crippen LogP contribution is 2.25. The lowest BCUT2D eigenvalue weighted by molar-refractivity contribution is 0.306. The molecule has 26 heavy (non-hydrogen) atoms. The van der Waals surface area contributed by atoms with Gasteiger partial charge >= 0.3 is 0 Å². The van der Waals surface area contributed by atoms with Gasteiger partial charge in [-0.05, 0) is 56.5 Å². The van der Waals surface area contributed by atoms with Gasteiger partial charge in [-0.15, -0.1) is 0 Å². The van der Waals surface area contributed by atoms with Crippen LogP contribution in [-0.4, -0.2) is 25.7 Å². The van der Waals surface area contributed by atoms with Crippen LogP contribution < -0.4 is 15.0 Å². The van der Waals surface area contributed by atoms with Gasteiger partial charge in [0.25, 0.3) is 0 Å². The number of allylic oxidation sites excluding steroid dienone is 1. The highest BCUT2D eigenvalue weighted by molar-refractivity contribution is 5.51. The number of benzene rings is 2. The lowest BCUT2D eigenvalue weighted by atomic mass is 10.0. The van der Waals surface area contributed by atoms with Gasteiger partial charge in [0.2, 0.25) is 0 Å². The highest BCUT2D eigenvalue weighted by atomic mass is 16.5. The van der Waals surface area contributed by atoms with Gasteiger partial charge in [-0.3, -0.25) is 0 Å². The minimum absolute atomic E-state index is 0.569. The van der Waals surface area contributed by atoms with Crippen LogP contribution in [0.5, 0.6) is 5.75 Å². The second-order valence-electron chi connectivity index (χ2n) is 7.10. The first-order valence-electron chi connectivity index (χ1n) is 9.52. The van der Waals surface area contributed by atoms with E-state index < -0.39 is 0 Å². The van der Waals surface area contributed by atoms with Gasteiger partial charge in [0.05, 0.1) is 0 Å². The summed E-state index contributed by atoms with van der Waals surface area (Å²) < 4.78 is 5.93. The van der Waals surface area contributed by atoms with E-state index in [4.69, 9.17) is 4.74 Å². The van der Waals surface area contributed by atoms with Crippen molar-refractivity contribution in [3.63, 3.8) is 0 Å². The maximum atomic E-state index is 5.93. The van der Waals surface area contributed by atoms with Crippen LogP contribution in [0, 0.1) is 0 Å². The largest absolute Gasteiger partial charge is 0.489 e. The zero-order chi connectivity index (χ0) is 18.2. The molecular formula is C23H29N2O. The van der Waals surface area contributed by atoms with Gasteiger partial charge in [-0.1, -0.05) is 42.0 Å². The van der Waals surface area contributed by atoms with Crippen LogP contribution in [-0.2, 0) is 6.61 Å². The third-order valence-electron chi connectivity index (χ3n) is 4.79. The van der Waals surface area contributed by atoms with E-state index in [9.17, 15) is 0 Å². The molecular weight excluding hydrogens is 320 g/mol. The Labute approximate surface area is 157 Å². The van der Waals surface area contributed by atoms with Crippen LogP contribution in [0.3, 0.4) is 0 Å². The fourth-order valence-electron chi connectivity index (χ4n) is 3.27. The van der Waals surface area contributed by atoms with Crippen LogP contribution in [0.25, 0.3) is 0 Å². The van der Waals surface area contributed by atoms with Gasteiger partial charge in [-0.25, -0.2) is 5.32 Å². The Hall–Kier alpha value is -2.26. The molecule has 0 unspecified atom stereocenters. The SMILES string of the molecule is CC(C)=CCN(c1ccc(OCc2ccccc2)cc1)C1CC[N]CC1. The van der Waals surface area contributed by atoms with Crippen molar-refractivity contribution in [1.82, 2.24) is 5.32 Å². The van der Waals surface area contributed by atoms with E-state index >= 15 is 0 Å². The highest BCUT2D eigenvalue weighted by Gasteiger charge is 2.21. The second-order valence-corrected chi connectivity index (χ2v) is 7.10. The summed E-state index contributed by atoms with van der Waals surface area (Å²) in [5.74, 6) is 0.915. The summed E-state index contributed by atoms with van der Waals surface area (Å²) in [7, 11) is 0. The molecule has 3 heteroatoms. The van der Waals surface area contributed by atoms with Crippen molar-refractivity contribution >= 4 is 5.69 Å². The van der Waals surface area contributed by atoms with Crippen molar-refractivity contribution in [3.8, 4) is 5.75 Å². The molecule has 3 rings (SSSR count). The first kappa shape index (κ1) is 18.5. The van der Waals surface area contributed by atoms with E-state index in [-0.39, 0.29) is 0 Å². The first-order valence-corrected chi connectivity index (χ1v) is 9.52. The predicted octanol–water partition coefficient (Wildman–Crippen LogP) is 4.81. The van der Waals surface area contributed by atoms with Crippen LogP contribution in [0.4, 0.5) is 5.69 Å². The molecule has 2 aromatic rings. The molecule has 0 aromatic heterocycles. The Morgan fingerprint density at radius 1 is 1.04 bits per heavy atom. The zero-order valence-electron chi connectivity index (χ0n) is 15.9. The third kappa shape index (κ3) is 5.37. The molecule has 1 heterocycles. The van der Waals surface area contributed by atoms with Gasteiger partial charge in [-0.2, -0.15) is 0 Å². The summed E-state index contributed by atoms with van der Waals surface area (Å²) in [6.45, 7) is 7.84. The Kier molecular flexibility index (Phi) is 6.73. The Morgan fingerprint density at radius 3 is 2.38 bits per heavy atom. The van der Waals surface area contributed by atoms with Crippen molar-refractivity contribution in [2.45, 2.75) is 39.3 Å². The molecule has 0 N–H and O–H groups in total. The van der Waals surface area contributed by atoms with Crippen molar-refractivity contribution in [2.75, 3.05) is 24.5 Å². The van der Waals surface area contributed by atoms with E-state index in [0.29, 0.717) is 12.6 Å². The zero-order valence-corrected chi connectivity index (χ0v) is 15.9. The molecule has 137 valence electrons. The van der Waals surface area contributed by atoms with Gasteiger partial charge < -0.3 is 9.64 Å². The van der Waals surface area contributed by atoms with E-state index in [1.165, 1.54) is 16.8 Å². The lowest BCUT2D eigenvalue weighted by Gasteiger charge is -2.35. The molecule has 1 aliphatic heterocycles. The molecule has 1 aliphatic rings.